The first-order valence-corrected chi connectivity index (χ1v) is 6.00. The van der Waals surface area contributed by atoms with Gasteiger partial charge < -0.3 is 10.2 Å². The molecule has 1 amide bonds. The number of halogens is 3. The predicted molar refractivity (Wildman–Crippen MR) is 58.5 cm³/mol. The molecule has 0 bridgehead atoms. The quantitative estimate of drug-likeness (QED) is 0.774. The first-order valence-electron chi connectivity index (χ1n) is 6.00. The molecule has 1 aliphatic heterocycles. The minimum absolute atomic E-state index is 0.0308. The predicted octanol–water partition coefficient (Wildman–Crippen LogP) is 1.79. The summed E-state index contributed by atoms with van der Waals surface area (Å²) >= 11 is 0. The number of hydrogen-bond donors (Lipinski definition) is 1. The Kier molecular flexibility index (Phi) is 5.24. The number of nitrogens with zero attached hydrogens (tertiary/aromatic N) is 1. The SMILES string of the molecule is CCCNCC(=O)N1CCC(C(F)(F)F)CC1. The molecule has 0 aromatic heterocycles. The molecule has 1 saturated heterocycles. The Bertz CT molecular complexity index is 248. The van der Waals surface area contributed by atoms with E-state index in [1.807, 2.05) is 6.92 Å². The Hall–Kier alpha value is -0.780. The van der Waals surface area contributed by atoms with Gasteiger partial charge in [-0.05, 0) is 25.8 Å². The number of carbonyl (C=O) groups excluding carboxylic acids is 1. The molecule has 17 heavy (non-hydrogen) atoms. The van der Waals surface area contributed by atoms with Crippen LogP contribution in [0.3, 0.4) is 0 Å². The van der Waals surface area contributed by atoms with Gasteiger partial charge in [0.05, 0.1) is 12.5 Å². The molecule has 1 aliphatic rings. The Balaban J connectivity index is 2.29. The zero-order valence-electron chi connectivity index (χ0n) is 10.0. The van der Waals surface area contributed by atoms with Gasteiger partial charge in [-0.15, -0.1) is 0 Å². The molecule has 100 valence electrons. The number of likely N-dealkylation sites (tertiary alicyclic amines) is 1. The summed E-state index contributed by atoms with van der Waals surface area (Å²) in [5.41, 5.74) is 0. The average molecular weight is 252 g/mol. The van der Waals surface area contributed by atoms with Crippen molar-refractivity contribution in [3.8, 4) is 0 Å². The fourth-order valence-electron chi connectivity index (χ4n) is 1.94. The van der Waals surface area contributed by atoms with Crippen molar-refractivity contribution >= 4 is 5.91 Å². The third-order valence-electron chi connectivity index (χ3n) is 3.01. The Morgan fingerprint density at radius 2 is 1.94 bits per heavy atom. The van der Waals surface area contributed by atoms with E-state index in [0.29, 0.717) is 0 Å². The van der Waals surface area contributed by atoms with Crippen LogP contribution in [0, 0.1) is 5.92 Å². The monoisotopic (exact) mass is 252 g/mol. The van der Waals surface area contributed by atoms with E-state index in [2.05, 4.69) is 5.32 Å². The van der Waals surface area contributed by atoms with Gasteiger partial charge in [-0.25, -0.2) is 0 Å². The van der Waals surface area contributed by atoms with Gasteiger partial charge in [0.25, 0.3) is 0 Å². The molecule has 1 fully saturated rings. The molecule has 3 nitrogen and oxygen atoms in total. The molecule has 1 heterocycles. The number of piperidine rings is 1. The second-order valence-electron chi connectivity index (χ2n) is 4.37. The number of nitrogens with one attached hydrogen (secondary N) is 1. The summed E-state index contributed by atoms with van der Waals surface area (Å²) in [7, 11) is 0. The van der Waals surface area contributed by atoms with Crippen LogP contribution in [0.15, 0.2) is 0 Å². The summed E-state index contributed by atoms with van der Waals surface area (Å²) in [5.74, 6) is -1.34. The van der Waals surface area contributed by atoms with E-state index < -0.39 is 12.1 Å². The molecule has 0 radical (unpaired) electrons. The van der Waals surface area contributed by atoms with Gasteiger partial charge in [-0.1, -0.05) is 6.92 Å². The van der Waals surface area contributed by atoms with E-state index in [0.717, 1.165) is 13.0 Å². The van der Waals surface area contributed by atoms with E-state index in [4.69, 9.17) is 0 Å². The summed E-state index contributed by atoms with van der Waals surface area (Å²) in [4.78, 5) is 13.1. The number of alkyl halides is 3. The van der Waals surface area contributed by atoms with Crippen molar-refractivity contribution in [3.63, 3.8) is 0 Å². The van der Waals surface area contributed by atoms with Crippen molar-refractivity contribution in [1.82, 2.24) is 10.2 Å². The molecular formula is C11H19F3N2O. The van der Waals surface area contributed by atoms with Crippen LogP contribution >= 0.6 is 0 Å². The zero-order valence-corrected chi connectivity index (χ0v) is 10.0. The lowest BCUT2D eigenvalue weighted by Crippen LogP contribution is -2.45. The van der Waals surface area contributed by atoms with Crippen molar-refractivity contribution < 1.29 is 18.0 Å². The highest BCUT2D eigenvalue weighted by Crippen LogP contribution is 2.33. The lowest BCUT2D eigenvalue weighted by Gasteiger charge is -2.33. The summed E-state index contributed by atoms with van der Waals surface area (Å²) in [6.07, 6.45) is -3.12. The molecule has 0 unspecified atom stereocenters. The number of carbonyl (C=O) groups is 1. The fourth-order valence-corrected chi connectivity index (χ4v) is 1.94. The van der Waals surface area contributed by atoms with Crippen LogP contribution in [0.4, 0.5) is 13.2 Å². The topological polar surface area (TPSA) is 32.3 Å². The van der Waals surface area contributed by atoms with E-state index in [1.165, 1.54) is 4.90 Å². The smallest absolute Gasteiger partial charge is 0.342 e. The molecule has 0 aliphatic carbocycles. The minimum Gasteiger partial charge on any atom is -0.342 e. The highest BCUT2D eigenvalue weighted by Gasteiger charge is 2.41. The van der Waals surface area contributed by atoms with Crippen LogP contribution < -0.4 is 5.32 Å². The molecule has 0 saturated carbocycles. The van der Waals surface area contributed by atoms with Crippen LogP contribution in [-0.4, -0.2) is 43.2 Å². The van der Waals surface area contributed by atoms with Crippen LogP contribution in [0.1, 0.15) is 26.2 Å². The molecule has 0 aromatic rings. The second-order valence-corrected chi connectivity index (χ2v) is 4.37. The Morgan fingerprint density at radius 1 is 1.35 bits per heavy atom. The number of hydrogen-bond acceptors (Lipinski definition) is 2. The Labute approximate surface area is 99.4 Å². The summed E-state index contributed by atoms with van der Waals surface area (Å²) in [6, 6.07) is 0. The van der Waals surface area contributed by atoms with Crippen LogP contribution in [0.2, 0.25) is 0 Å². The zero-order chi connectivity index (χ0) is 12.9. The Morgan fingerprint density at radius 3 is 2.41 bits per heavy atom. The van der Waals surface area contributed by atoms with E-state index in [9.17, 15) is 18.0 Å². The summed E-state index contributed by atoms with van der Waals surface area (Å²) < 4.78 is 37.2. The van der Waals surface area contributed by atoms with E-state index in [-0.39, 0.29) is 38.4 Å². The molecule has 1 N–H and O–H groups in total. The van der Waals surface area contributed by atoms with Gasteiger partial charge in [0.15, 0.2) is 0 Å². The molecular weight excluding hydrogens is 233 g/mol. The van der Waals surface area contributed by atoms with E-state index >= 15 is 0 Å². The number of rotatable bonds is 4. The lowest BCUT2D eigenvalue weighted by atomic mass is 9.96. The minimum atomic E-state index is -4.12. The van der Waals surface area contributed by atoms with Crippen LogP contribution in [0.5, 0.6) is 0 Å². The van der Waals surface area contributed by atoms with Gasteiger partial charge in [0.2, 0.25) is 5.91 Å². The molecule has 1 rings (SSSR count). The first kappa shape index (κ1) is 14.3. The average Bonchev–Trinajstić information content (AvgIpc) is 2.28. The van der Waals surface area contributed by atoms with Crippen molar-refractivity contribution in [3.05, 3.63) is 0 Å². The van der Waals surface area contributed by atoms with Crippen molar-refractivity contribution in [2.45, 2.75) is 32.4 Å². The van der Waals surface area contributed by atoms with Crippen LogP contribution in [0.25, 0.3) is 0 Å². The molecule has 6 heteroatoms. The maximum absolute atomic E-state index is 12.4. The lowest BCUT2D eigenvalue weighted by molar-refractivity contribution is -0.186. The molecule has 0 spiro atoms. The molecule has 0 aromatic carbocycles. The fraction of sp³-hybridized carbons (Fsp3) is 0.909. The third kappa shape index (κ3) is 4.53. The number of amides is 1. The maximum Gasteiger partial charge on any atom is 0.391 e. The van der Waals surface area contributed by atoms with Gasteiger partial charge >= 0.3 is 6.18 Å². The van der Waals surface area contributed by atoms with Gasteiger partial charge in [-0.2, -0.15) is 13.2 Å². The summed E-state index contributed by atoms with van der Waals surface area (Å²) in [5, 5.41) is 2.96. The normalized spacial score (nSPS) is 18.5. The van der Waals surface area contributed by atoms with Crippen LogP contribution in [-0.2, 0) is 4.79 Å². The highest BCUT2D eigenvalue weighted by atomic mass is 19.4. The maximum atomic E-state index is 12.4. The van der Waals surface area contributed by atoms with Crippen molar-refractivity contribution in [1.29, 1.82) is 0 Å². The van der Waals surface area contributed by atoms with Gasteiger partial charge in [0, 0.05) is 13.1 Å². The third-order valence-corrected chi connectivity index (χ3v) is 3.01. The largest absolute Gasteiger partial charge is 0.391 e. The second kappa shape index (κ2) is 6.23. The van der Waals surface area contributed by atoms with E-state index in [1.54, 1.807) is 0 Å². The first-order chi connectivity index (χ1) is 7.95. The van der Waals surface area contributed by atoms with Crippen molar-refractivity contribution in [2.24, 2.45) is 5.92 Å². The summed E-state index contributed by atoms with van der Waals surface area (Å²) in [6.45, 7) is 3.41. The highest BCUT2D eigenvalue weighted by molar-refractivity contribution is 5.78. The van der Waals surface area contributed by atoms with Gasteiger partial charge in [-0.3, -0.25) is 4.79 Å². The van der Waals surface area contributed by atoms with Crippen molar-refractivity contribution in [2.75, 3.05) is 26.2 Å². The molecule has 0 atom stereocenters. The standard InChI is InChI=1S/C11H19F3N2O/c1-2-5-15-8-10(17)16-6-3-9(4-7-16)11(12,13)14/h9,15H,2-8H2,1H3. The van der Waals surface area contributed by atoms with Gasteiger partial charge in [0.1, 0.15) is 0 Å².